The Kier molecular flexibility index (Phi) is 4.70. The normalized spacial score (nSPS) is 16.7. The largest absolute Gasteiger partial charge is 0.307 e. The van der Waals surface area contributed by atoms with Gasteiger partial charge in [-0.25, -0.2) is 24.0 Å². The lowest BCUT2D eigenvalue weighted by molar-refractivity contribution is 0.344. The van der Waals surface area contributed by atoms with Gasteiger partial charge in [0.05, 0.1) is 0 Å². The molecule has 106 valence electrons. The molecule has 1 aliphatic heterocycles. The van der Waals surface area contributed by atoms with Crippen molar-refractivity contribution in [3.8, 4) is 0 Å². The highest BCUT2D eigenvalue weighted by atomic mass is 32.2. The highest BCUT2D eigenvalue weighted by molar-refractivity contribution is 7.89. The van der Waals surface area contributed by atoms with Crippen molar-refractivity contribution < 1.29 is 8.42 Å². The van der Waals surface area contributed by atoms with E-state index in [-0.39, 0.29) is 10.7 Å². The van der Waals surface area contributed by atoms with E-state index < -0.39 is 10.0 Å². The molecule has 0 aromatic carbocycles. The second-order valence-electron chi connectivity index (χ2n) is 4.44. The number of nitrogen functional groups attached to an aromatic ring is 1. The van der Waals surface area contributed by atoms with Crippen LogP contribution in [0.5, 0.6) is 0 Å². The number of hydrogen-bond donors (Lipinski definition) is 3. The van der Waals surface area contributed by atoms with Crippen LogP contribution in [0.4, 0.5) is 5.82 Å². The molecule has 0 saturated carbocycles. The molecule has 1 aliphatic rings. The first-order chi connectivity index (χ1) is 9.13. The number of pyridine rings is 1. The number of nitrogens with one attached hydrogen (secondary N) is 2. The number of rotatable bonds is 6. The zero-order valence-corrected chi connectivity index (χ0v) is 11.5. The Morgan fingerprint density at radius 3 is 2.79 bits per heavy atom. The van der Waals surface area contributed by atoms with Crippen LogP contribution in [-0.4, -0.2) is 44.5 Å². The molecule has 0 unspecified atom stereocenters. The van der Waals surface area contributed by atoms with Gasteiger partial charge < -0.3 is 10.3 Å². The maximum atomic E-state index is 12.1. The molecular weight excluding hydrogens is 266 g/mol. The predicted octanol–water partition coefficient (Wildman–Crippen LogP) is -0.259. The van der Waals surface area contributed by atoms with Gasteiger partial charge in [-0.05, 0) is 38.1 Å². The van der Waals surface area contributed by atoms with Crippen LogP contribution in [0.2, 0.25) is 0 Å². The first-order valence-corrected chi connectivity index (χ1v) is 7.75. The Balaban J connectivity index is 1.97. The van der Waals surface area contributed by atoms with E-state index >= 15 is 0 Å². The van der Waals surface area contributed by atoms with E-state index in [2.05, 4.69) is 20.0 Å². The fraction of sp³-hybridized carbons (Fsp3) is 0.545. The number of nitrogens with two attached hydrogens (primary N) is 1. The maximum Gasteiger partial charge on any atom is 0.244 e. The van der Waals surface area contributed by atoms with Crippen LogP contribution < -0.4 is 16.0 Å². The highest BCUT2D eigenvalue weighted by Crippen LogP contribution is 2.16. The van der Waals surface area contributed by atoms with Gasteiger partial charge in [0, 0.05) is 19.3 Å². The minimum atomic E-state index is -3.58. The molecule has 1 aromatic heterocycles. The number of anilines is 1. The van der Waals surface area contributed by atoms with Gasteiger partial charge in [0.1, 0.15) is 4.90 Å². The molecule has 0 radical (unpaired) electrons. The van der Waals surface area contributed by atoms with Crippen molar-refractivity contribution in [1.82, 2.24) is 14.6 Å². The SMILES string of the molecule is NNc1ncccc1S(=O)(=O)NCCN1CCCC1. The number of sulfonamides is 1. The summed E-state index contributed by atoms with van der Waals surface area (Å²) in [7, 11) is -3.58. The molecule has 0 bridgehead atoms. The van der Waals surface area contributed by atoms with Crippen LogP contribution in [0.25, 0.3) is 0 Å². The van der Waals surface area contributed by atoms with Crippen LogP contribution in [0, 0.1) is 0 Å². The second-order valence-corrected chi connectivity index (χ2v) is 6.18. The molecule has 1 aromatic rings. The topological polar surface area (TPSA) is 100 Å². The molecule has 2 rings (SSSR count). The Morgan fingerprint density at radius 1 is 1.37 bits per heavy atom. The molecule has 4 N–H and O–H groups in total. The monoisotopic (exact) mass is 285 g/mol. The van der Waals surface area contributed by atoms with Crippen molar-refractivity contribution in [2.75, 3.05) is 31.6 Å². The zero-order valence-electron chi connectivity index (χ0n) is 10.7. The van der Waals surface area contributed by atoms with Gasteiger partial charge in [0.2, 0.25) is 10.0 Å². The van der Waals surface area contributed by atoms with Crippen molar-refractivity contribution in [3.63, 3.8) is 0 Å². The fourth-order valence-electron chi connectivity index (χ4n) is 2.14. The van der Waals surface area contributed by atoms with Gasteiger partial charge in [0.25, 0.3) is 0 Å². The summed E-state index contributed by atoms with van der Waals surface area (Å²) in [6, 6.07) is 3.04. The minimum Gasteiger partial charge on any atom is -0.307 e. The third kappa shape index (κ3) is 3.63. The van der Waals surface area contributed by atoms with Crippen LogP contribution in [0.3, 0.4) is 0 Å². The van der Waals surface area contributed by atoms with E-state index in [1.54, 1.807) is 6.07 Å². The lowest BCUT2D eigenvalue weighted by atomic mass is 10.4. The Labute approximate surface area is 113 Å². The van der Waals surface area contributed by atoms with E-state index in [0.29, 0.717) is 6.54 Å². The van der Waals surface area contributed by atoms with E-state index in [0.717, 1.165) is 19.6 Å². The van der Waals surface area contributed by atoms with Crippen molar-refractivity contribution in [1.29, 1.82) is 0 Å². The lowest BCUT2D eigenvalue weighted by Crippen LogP contribution is -2.34. The van der Waals surface area contributed by atoms with Gasteiger partial charge in [0.15, 0.2) is 5.82 Å². The molecule has 1 fully saturated rings. The summed E-state index contributed by atoms with van der Waals surface area (Å²) in [5.41, 5.74) is 2.29. The molecule has 1 saturated heterocycles. The number of hydrogen-bond acceptors (Lipinski definition) is 6. The first-order valence-electron chi connectivity index (χ1n) is 6.27. The lowest BCUT2D eigenvalue weighted by Gasteiger charge is -2.15. The summed E-state index contributed by atoms with van der Waals surface area (Å²) >= 11 is 0. The van der Waals surface area contributed by atoms with Crippen LogP contribution >= 0.6 is 0 Å². The fourth-order valence-corrected chi connectivity index (χ4v) is 3.28. The Bertz CT molecular complexity index is 514. The van der Waals surface area contributed by atoms with Gasteiger partial charge in [-0.15, -0.1) is 0 Å². The number of hydrazine groups is 1. The van der Waals surface area contributed by atoms with Crippen molar-refractivity contribution in [3.05, 3.63) is 18.3 Å². The van der Waals surface area contributed by atoms with E-state index in [1.165, 1.54) is 25.1 Å². The number of nitrogens with zero attached hydrogens (tertiary/aromatic N) is 2. The summed E-state index contributed by atoms with van der Waals surface area (Å²) in [6.07, 6.45) is 3.87. The molecule has 0 spiro atoms. The zero-order chi connectivity index (χ0) is 13.7. The van der Waals surface area contributed by atoms with E-state index in [4.69, 9.17) is 5.84 Å². The molecule has 2 heterocycles. The van der Waals surface area contributed by atoms with Crippen molar-refractivity contribution in [2.24, 2.45) is 5.84 Å². The van der Waals surface area contributed by atoms with Crippen LogP contribution in [0.1, 0.15) is 12.8 Å². The van der Waals surface area contributed by atoms with Gasteiger partial charge >= 0.3 is 0 Å². The van der Waals surface area contributed by atoms with Gasteiger partial charge in [-0.2, -0.15) is 0 Å². The average molecular weight is 285 g/mol. The van der Waals surface area contributed by atoms with Gasteiger partial charge in [-0.1, -0.05) is 0 Å². The summed E-state index contributed by atoms with van der Waals surface area (Å²) in [6.45, 7) is 3.21. The maximum absolute atomic E-state index is 12.1. The third-order valence-electron chi connectivity index (χ3n) is 3.12. The summed E-state index contributed by atoms with van der Waals surface area (Å²) in [5.74, 6) is 5.41. The summed E-state index contributed by atoms with van der Waals surface area (Å²) < 4.78 is 26.8. The number of aromatic nitrogens is 1. The average Bonchev–Trinajstić information content (AvgIpc) is 2.91. The Hall–Kier alpha value is -1.22. The molecule has 0 atom stereocenters. The Morgan fingerprint density at radius 2 is 2.11 bits per heavy atom. The van der Waals surface area contributed by atoms with Gasteiger partial charge in [-0.3, -0.25) is 0 Å². The summed E-state index contributed by atoms with van der Waals surface area (Å²) in [5, 5.41) is 0. The number of likely N-dealkylation sites (tertiary alicyclic amines) is 1. The molecular formula is C11H19N5O2S. The van der Waals surface area contributed by atoms with Crippen LogP contribution in [0.15, 0.2) is 23.2 Å². The smallest absolute Gasteiger partial charge is 0.244 e. The standard InChI is InChI=1S/C11H19N5O2S/c12-15-11-10(4-3-5-13-11)19(17,18)14-6-9-16-7-1-2-8-16/h3-5,14H,1-2,6-9,12H2,(H,13,15). The third-order valence-corrected chi connectivity index (χ3v) is 4.61. The molecule has 8 heteroatoms. The molecule has 0 amide bonds. The molecule has 19 heavy (non-hydrogen) atoms. The van der Waals surface area contributed by atoms with Crippen molar-refractivity contribution >= 4 is 15.8 Å². The van der Waals surface area contributed by atoms with Crippen molar-refractivity contribution in [2.45, 2.75) is 17.7 Å². The summed E-state index contributed by atoms with van der Waals surface area (Å²) in [4.78, 5) is 6.20. The molecule has 0 aliphatic carbocycles. The predicted molar refractivity (Wildman–Crippen MR) is 72.9 cm³/mol. The first kappa shape index (κ1) is 14.2. The minimum absolute atomic E-state index is 0.0684. The van der Waals surface area contributed by atoms with Crippen LogP contribution in [-0.2, 0) is 10.0 Å². The highest BCUT2D eigenvalue weighted by Gasteiger charge is 2.19. The molecule has 7 nitrogen and oxygen atoms in total. The quantitative estimate of drug-likeness (QED) is 0.492. The second kappa shape index (κ2) is 6.29. The van der Waals surface area contributed by atoms with E-state index in [9.17, 15) is 8.42 Å². The van der Waals surface area contributed by atoms with E-state index in [1.807, 2.05) is 0 Å².